The highest BCUT2D eigenvalue weighted by Gasteiger charge is 2.37. The molecule has 1 unspecified atom stereocenters. The third kappa shape index (κ3) is 3.68. The third-order valence-electron chi connectivity index (χ3n) is 5.39. The van der Waals surface area contributed by atoms with Crippen LogP contribution in [0.2, 0.25) is 0 Å². The van der Waals surface area contributed by atoms with E-state index in [4.69, 9.17) is 0 Å². The van der Waals surface area contributed by atoms with Crippen molar-refractivity contribution < 1.29 is 13.5 Å². The molecule has 1 saturated carbocycles. The fourth-order valence-electron chi connectivity index (χ4n) is 4.03. The molecule has 0 amide bonds. The van der Waals surface area contributed by atoms with Crippen molar-refractivity contribution in [1.82, 2.24) is 18.6 Å². The van der Waals surface area contributed by atoms with E-state index in [0.29, 0.717) is 32.4 Å². The van der Waals surface area contributed by atoms with Gasteiger partial charge < -0.3 is 9.67 Å². The van der Waals surface area contributed by atoms with Crippen molar-refractivity contribution in [3.05, 3.63) is 54.1 Å². The lowest BCUT2D eigenvalue weighted by Gasteiger charge is -2.29. The van der Waals surface area contributed by atoms with Gasteiger partial charge in [0.15, 0.2) is 0 Å². The number of hydrogen-bond donors (Lipinski definition) is 2. The first-order chi connectivity index (χ1) is 12.5. The predicted octanol–water partition coefficient (Wildman–Crippen LogP) is 0.915. The fraction of sp³-hybridized carbons (Fsp3) is 0.500. The molecule has 1 aromatic heterocycles. The summed E-state index contributed by atoms with van der Waals surface area (Å²) in [7, 11) is -3.62. The topological polar surface area (TPSA) is 87.5 Å². The summed E-state index contributed by atoms with van der Waals surface area (Å²) in [6, 6.07) is 7.50. The highest BCUT2D eigenvalue weighted by Crippen LogP contribution is 2.29. The summed E-state index contributed by atoms with van der Waals surface area (Å²) >= 11 is 0. The fourth-order valence-corrected chi connectivity index (χ4v) is 5.45. The number of fused-ring (bicyclic) bond motifs is 1. The number of aliphatic hydroxyl groups excluding tert-OH is 1. The first-order valence-electron chi connectivity index (χ1n) is 8.99. The Hall–Kier alpha value is -1.74. The van der Waals surface area contributed by atoms with Crippen molar-refractivity contribution in [2.75, 3.05) is 6.54 Å². The summed E-state index contributed by atoms with van der Waals surface area (Å²) in [5, 5.41) is 10.3. The van der Waals surface area contributed by atoms with E-state index in [-0.39, 0.29) is 5.92 Å². The van der Waals surface area contributed by atoms with Gasteiger partial charge >= 0.3 is 0 Å². The van der Waals surface area contributed by atoms with Crippen LogP contribution in [0.3, 0.4) is 0 Å². The lowest BCUT2D eigenvalue weighted by atomic mass is 10.0. The Morgan fingerprint density at radius 2 is 2.04 bits per heavy atom. The summed E-state index contributed by atoms with van der Waals surface area (Å²) in [4.78, 5) is 4.02. The van der Waals surface area contributed by atoms with Crippen LogP contribution >= 0.6 is 0 Å². The molecule has 2 N–H and O–H groups in total. The molecular weight excluding hydrogens is 352 g/mol. The minimum Gasteiger partial charge on any atom is -0.391 e. The van der Waals surface area contributed by atoms with Crippen LogP contribution in [0.25, 0.3) is 0 Å². The van der Waals surface area contributed by atoms with Gasteiger partial charge in [-0.3, -0.25) is 0 Å². The normalized spacial score (nSPS) is 26.7. The molecule has 7 nitrogen and oxygen atoms in total. The highest BCUT2D eigenvalue weighted by molar-refractivity contribution is 7.87. The van der Waals surface area contributed by atoms with Gasteiger partial charge in [0.2, 0.25) is 0 Å². The van der Waals surface area contributed by atoms with Crippen LogP contribution in [-0.4, -0.2) is 46.1 Å². The van der Waals surface area contributed by atoms with Gasteiger partial charge in [0, 0.05) is 38.1 Å². The Morgan fingerprint density at radius 3 is 2.81 bits per heavy atom. The smallest absolute Gasteiger partial charge is 0.280 e. The molecule has 0 spiro atoms. The molecule has 4 rings (SSSR count). The zero-order chi connectivity index (χ0) is 18.1. The maximum atomic E-state index is 12.8. The van der Waals surface area contributed by atoms with Crippen LogP contribution in [0.1, 0.15) is 24.0 Å². The summed E-state index contributed by atoms with van der Waals surface area (Å²) in [6.07, 6.45) is 6.63. The van der Waals surface area contributed by atoms with Crippen molar-refractivity contribution in [1.29, 1.82) is 0 Å². The van der Waals surface area contributed by atoms with E-state index in [1.807, 2.05) is 35.0 Å². The molecule has 0 saturated heterocycles. The average molecular weight is 376 g/mol. The van der Waals surface area contributed by atoms with Gasteiger partial charge in [0.1, 0.15) is 0 Å². The molecule has 1 fully saturated rings. The summed E-state index contributed by atoms with van der Waals surface area (Å²) < 4.78 is 31.8. The van der Waals surface area contributed by atoms with E-state index < -0.39 is 22.4 Å². The molecule has 2 aromatic rings. The number of aliphatic hydroxyl groups is 1. The number of rotatable bonds is 5. The Bertz CT molecular complexity index is 853. The SMILES string of the molecule is O=S(=O)(N[C@@H]1CC(Cn2ccnc2)C[C@H]1O)N1CCc2ccccc2C1. The zero-order valence-corrected chi connectivity index (χ0v) is 15.3. The number of nitrogens with one attached hydrogen (secondary N) is 1. The molecule has 1 aliphatic carbocycles. The largest absolute Gasteiger partial charge is 0.391 e. The van der Waals surface area contributed by atoms with Crippen molar-refractivity contribution >= 4 is 10.2 Å². The maximum Gasteiger partial charge on any atom is 0.280 e. The van der Waals surface area contributed by atoms with Crippen molar-refractivity contribution in [3.63, 3.8) is 0 Å². The lowest BCUT2D eigenvalue weighted by molar-refractivity contribution is 0.153. The molecule has 8 heteroatoms. The van der Waals surface area contributed by atoms with E-state index in [1.54, 1.807) is 12.5 Å². The molecule has 3 atom stereocenters. The zero-order valence-electron chi connectivity index (χ0n) is 14.5. The molecule has 1 aromatic carbocycles. The van der Waals surface area contributed by atoms with Gasteiger partial charge in [-0.05, 0) is 36.3 Å². The summed E-state index contributed by atoms with van der Waals surface area (Å²) in [5.74, 6) is 0.231. The van der Waals surface area contributed by atoms with E-state index >= 15 is 0 Å². The molecule has 0 bridgehead atoms. The standard InChI is InChI=1S/C18H24N4O3S/c23-18-10-14(11-21-8-6-19-13-21)9-17(18)20-26(24,25)22-7-5-15-3-1-2-4-16(15)12-22/h1-4,6,8,13-14,17-18,20,23H,5,7,9-12H2/t14?,17-,18-/m1/s1. The molecule has 26 heavy (non-hydrogen) atoms. The number of nitrogens with zero attached hydrogens (tertiary/aromatic N) is 3. The second kappa shape index (κ2) is 7.11. The van der Waals surface area contributed by atoms with E-state index in [1.165, 1.54) is 9.87 Å². The van der Waals surface area contributed by atoms with Gasteiger partial charge in [0.05, 0.1) is 12.4 Å². The number of aromatic nitrogens is 2. The molecule has 2 aliphatic rings. The quantitative estimate of drug-likeness (QED) is 0.812. The minimum atomic E-state index is -3.62. The highest BCUT2D eigenvalue weighted by atomic mass is 32.2. The van der Waals surface area contributed by atoms with Crippen LogP contribution in [-0.2, 0) is 29.7 Å². The monoisotopic (exact) mass is 376 g/mol. The van der Waals surface area contributed by atoms with Crippen molar-refractivity contribution in [2.45, 2.75) is 44.5 Å². The number of hydrogen-bond acceptors (Lipinski definition) is 4. The van der Waals surface area contributed by atoms with E-state index in [2.05, 4.69) is 9.71 Å². The van der Waals surface area contributed by atoms with Gasteiger partial charge in [-0.1, -0.05) is 24.3 Å². The average Bonchev–Trinajstić information content (AvgIpc) is 3.24. The molecule has 0 radical (unpaired) electrons. The second-order valence-corrected chi connectivity index (χ2v) is 8.95. The first-order valence-corrected chi connectivity index (χ1v) is 10.4. The Balaban J connectivity index is 1.40. The van der Waals surface area contributed by atoms with Crippen LogP contribution in [0.15, 0.2) is 43.0 Å². The number of benzene rings is 1. The molecule has 2 heterocycles. The van der Waals surface area contributed by atoms with Gasteiger partial charge in [-0.25, -0.2) is 4.98 Å². The molecule has 140 valence electrons. The summed E-state index contributed by atoms with van der Waals surface area (Å²) in [6.45, 7) is 1.59. The van der Waals surface area contributed by atoms with Gasteiger partial charge in [-0.2, -0.15) is 17.4 Å². The minimum absolute atomic E-state index is 0.231. The van der Waals surface area contributed by atoms with Crippen LogP contribution in [0.5, 0.6) is 0 Å². The second-order valence-electron chi connectivity index (χ2n) is 7.25. The van der Waals surface area contributed by atoms with Crippen molar-refractivity contribution in [3.8, 4) is 0 Å². The van der Waals surface area contributed by atoms with Crippen LogP contribution in [0, 0.1) is 5.92 Å². The Labute approximate surface area is 153 Å². The number of imidazole rings is 1. The van der Waals surface area contributed by atoms with Crippen molar-refractivity contribution in [2.24, 2.45) is 5.92 Å². The van der Waals surface area contributed by atoms with Gasteiger partial charge in [-0.15, -0.1) is 0 Å². The van der Waals surface area contributed by atoms with Crippen LogP contribution in [0.4, 0.5) is 0 Å². The van der Waals surface area contributed by atoms with E-state index in [9.17, 15) is 13.5 Å². The summed E-state index contributed by atoms with van der Waals surface area (Å²) in [5.41, 5.74) is 2.26. The Morgan fingerprint density at radius 1 is 1.23 bits per heavy atom. The van der Waals surface area contributed by atoms with Crippen LogP contribution < -0.4 is 4.72 Å². The molecule has 1 aliphatic heterocycles. The third-order valence-corrected chi connectivity index (χ3v) is 6.98. The Kier molecular flexibility index (Phi) is 4.83. The predicted molar refractivity (Wildman–Crippen MR) is 97.4 cm³/mol. The first kappa shape index (κ1) is 17.7. The van der Waals surface area contributed by atoms with E-state index in [0.717, 1.165) is 12.1 Å². The van der Waals surface area contributed by atoms with Gasteiger partial charge in [0.25, 0.3) is 10.2 Å². The molecular formula is C18H24N4O3S. The lowest BCUT2D eigenvalue weighted by Crippen LogP contribution is -2.49. The maximum absolute atomic E-state index is 12.8.